The predicted octanol–water partition coefficient (Wildman–Crippen LogP) is 4.23. The lowest BCUT2D eigenvalue weighted by Gasteiger charge is -2.26. The molecular weight excluding hydrogens is 432 g/mol. The zero-order chi connectivity index (χ0) is 24.7. The van der Waals surface area contributed by atoms with Crippen LogP contribution in [-0.2, 0) is 16.1 Å². The van der Waals surface area contributed by atoms with Gasteiger partial charge in [-0.05, 0) is 64.2 Å². The molecule has 0 aliphatic heterocycles. The van der Waals surface area contributed by atoms with E-state index in [9.17, 15) is 19.8 Å². The Kier molecular flexibility index (Phi) is 8.93. The monoisotopic (exact) mass is 468 g/mol. The first-order valence-electron chi connectivity index (χ1n) is 12.0. The molecule has 2 aromatic carbocycles. The smallest absolute Gasteiger partial charge is 0.323 e. The van der Waals surface area contributed by atoms with Crippen molar-refractivity contribution in [3.05, 3.63) is 59.7 Å². The van der Waals surface area contributed by atoms with Crippen molar-refractivity contribution in [1.29, 1.82) is 0 Å². The molecule has 1 aliphatic rings. The number of nitrogens with one attached hydrogen (secondary N) is 1. The summed E-state index contributed by atoms with van der Waals surface area (Å²) in [5.74, 6) is -0.796. The van der Waals surface area contributed by atoms with E-state index in [1.165, 1.54) is 4.90 Å². The van der Waals surface area contributed by atoms with Crippen LogP contribution >= 0.6 is 0 Å². The fourth-order valence-electron chi connectivity index (χ4n) is 4.40. The Labute approximate surface area is 201 Å². The van der Waals surface area contributed by atoms with Crippen LogP contribution in [0.3, 0.4) is 0 Å². The number of aliphatic carboxylic acids is 1. The molecule has 3 atom stereocenters. The largest absolute Gasteiger partial charge is 0.489 e. The van der Waals surface area contributed by atoms with E-state index in [-0.39, 0.29) is 37.1 Å². The van der Waals surface area contributed by atoms with Gasteiger partial charge in [0.1, 0.15) is 12.3 Å². The van der Waals surface area contributed by atoms with Crippen molar-refractivity contribution in [1.82, 2.24) is 4.90 Å². The van der Waals surface area contributed by atoms with Gasteiger partial charge in [0.2, 0.25) is 5.91 Å². The molecule has 3 rings (SSSR count). The Morgan fingerprint density at radius 1 is 1.06 bits per heavy atom. The van der Waals surface area contributed by atoms with Gasteiger partial charge >= 0.3 is 5.97 Å². The van der Waals surface area contributed by atoms with Gasteiger partial charge in [-0.1, -0.05) is 42.0 Å². The van der Waals surface area contributed by atoms with Crippen LogP contribution in [0.15, 0.2) is 48.5 Å². The summed E-state index contributed by atoms with van der Waals surface area (Å²) in [6.45, 7) is 5.83. The number of amides is 1. The van der Waals surface area contributed by atoms with Crippen molar-refractivity contribution in [3.8, 4) is 5.75 Å². The quantitative estimate of drug-likeness (QED) is 0.477. The summed E-state index contributed by atoms with van der Waals surface area (Å²) < 4.78 is 5.88. The summed E-state index contributed by atoms with van der Waals surface area (Å²) in [4.78, 5) is 26.2. The van der Waals surface area contributed by atoms with Crippen LogP contribution < -0.4 is 10.1 Å². The topological polar surface area (TPSA) is 99.1 Å². The van der Waals surface area contributed by atoms with Crippen molar-refractivity contribution < 1.29 is 24.5 Å². The average Bonchev–Trinajstić information content (AvgIpc) is 2.96. The molecule has 0 bridgehead atoms. The molecule has 0 unspecified atom stereocenters. The molecule has 0 spiro atoms. The van der Waals surface area contributed by atoms with Crippen molar-refractivity contribution in [2.75, 3.05) is 11.9 Å². The summed E-state index contributed by atoms with van der Waals surface area (Å²) in [6, 6.07) is 15.2. The lowest BCUT2D eigenvalue weighted by atomic mass is 9.98. The summed E-state index contributed by atoms with van der Waals surface area (Å²) in [7, 11) is 0. The number of carboxylic acids is 1. The highest BCUT2D eigenvalue weighted by Gasteiger charge is 2.32. The number of para-hydroxylation sites is 2. The van der Waals surface area contributed by atoms with Gasteiger partial charge in [0.15, 0.2) is 0 Å². The number of nitrogens with zero attached hydrogens (tertiary/aromatic N) is 1. The van der Waals surface area contributed by atoms with Crippen LogP contribution in [0.5, 0.6) is 5.75 Å². The number of aliphatic hydroxyl groups excluding tert-OH is 1. The second-order valence-corrected chi connectivity index (χ2v) is 9.41. The van der Waals surface area contributed by atoms with Crippen LogP contribution in [0, 0.1) is 12.8 Å². The SMILES string of the molecule is Cc1ccc(CN(CC(=O)O)C(=O)[C@@H]2CC[C@H](Nc3ccccc3OC(C)C)[C@@H](O)CC2)cc1. The first-order valence-corrected chi connectivity index (χ1v) is 12.0. The summed E-state index contributed by atoms with van der Waals surface area (Å²) in [5.41, 5.74) is 2.82. The second kappa shape index (κ2) is 11.9. The third kappa shape index (κ3) is 7.22. The van der Waals surface area contributed by atoms with E-state index in [1.54, 1.807) is 0 Å². The maximum Gasteiger partial charge on any atom is 0.323 e. The van der Waals surface area contributed by atoms with Gasteiger partial charge in [-0.2, -0.15) is 0 Å². The third-order valence-electron chi connectivity index (χ3n) is 6.17. The Morgan fingerprint density at radius 3 is 2.41 bits per heavy atom. The highest BCUT2D eigenvalue weighted by Crippen LogP contribution is 2.31. The number of carbonyl (C=O) groups excluding carboxylic acids is 1. The van der Waals surface area contributed by atoms with E-state index < -0.39 is 12.1 Å². The van der Waals surface area contributed by atoms with Gasteiger partial charge in [0, 0.05) is 12.5 Å². The molecular formula is C27H36N2O5. The van der Waals surface area contributed by atoms with Gasteiger partial charge in [-0.25, -0.2) is 0 Å². The number of ether oxygens (including phenoxy) is 1. The van der Waals surface area contributed by atoms with Crippen molar-refractivity contribution in [2.45, 2.75) is 71.2 Å². The minimum atomic E-state index is -1.03. The summed E-state index contributed by atoms with van der Waals surface area (Å²) in [6.07, 6.45) is 1.57. The van der Waals surface area contributed by atoms with E-state index in [0.29, 0.717) is 25.7 Å². The number of aliphatic hydroxyl groups is 1. The van der Waals surface area contributed by atoms with Crippen LogP contribution in [0.25, 0.3) is 0 Å². The molecule has 0 aromatic heterocycles. The van der Waals surface area contributed by atoms with Crippen molar-refractivity contribution >= 4 is 17.6 Å². The van der Waals surface area contributed by atoms with E-state index >= 15 is 0 Å². The molecule has 1 aliphatic carbocycles. The maximum atomic E-state index is 13.3. The molecule has 3 N–H and O–H groups in total. The van der Waals surface area contributed by atoms with Crippen LogP contribution in [0.2, 0.25) is 0 Å². The Balaban J connectivity index is 1.68. The molecule has 1 saturated carbocycles. The standard InChI is InChI=1S/C27H36N2O5/c1-18(2)34-25-7-5-4-6-23(25)28-22-14-12-21(13-15-24(22)30)27(33)29(17-26(31)32)16-20-10-8-19(3)9-11-20/h4-11,18,21-22,24,28,30H,12-17H2,1-3H3,(H,31,32)/t21-,22+,24+/m1/s1. The molecule has 7 heteroatoms. The molecule has 1 amide bonds. The van der Waals surface area contributed by atoms with Gasteiger partial charge in [0.05, 0.1) is 23.9 Å². The highest BCUT2D eigenvalue weighted by molar-refractivity contribution is 5.83. The minimum absolute atomic E-state index is 0.0257. The van der Waals surface area contributed by atoms with Gasteiger partial charge in [-0.3, -0.25) is 9.59 Å². The van der Waals surface area contributed by atoms with Crippen LogP contribution in [0.1, 0.15) is 50.7 Å². The van der Waals surface area contributed by atoms with Gasteiger partial charge in [-0.15, -0.1) is 0 Å². The number of aryl methyl sites for hydroxylation is 1. The number of carboxylic acid groups (broad SMARTS) is 1. The van der Waals surface area contributed by atoms with Gasteiger partial charge < -0.3 is 25.2 Å². The molecule has 1 fully saturated rings. The minimum Gasteiger partial charge on any atom is -0.489 e. The molecule has 0 heterocycles. The molecule has 184 valence electrons. The lowest BCUT2D eigenvalue weighted by Crippen LogP contribution is -2.39. The number of hydrogen-bond donors (Lipinski definition) is 3. The molecule has 7 nitrogen and oxygen atoms in total. The van der Waals surface area contributed by atoms with E-state index in [1.807, 2.05) is 69.3 Å². The first-order chi connectivity index (χ1) is 16.2. The van der Waals surface area contributed by atoms with E-state index in [0.717, 1.165) is 22.6 Å². The Hall–Kier alpha value is -3.06. The van der Waals surface area contributed by atoms with E-state index in [2.05, 4.69) is 5.32 Å². The number of benzene rings is 2. The fourth-order valence-corrected chi connectivity index (χ4v) is 4.40. The number of carbonyl (C=O) groups is 2. The number of hydrogen-bond acceptors (Lipinski definition) is 5. The van der Waals surface area contributed by atoms with E-state index in [4.69, 9.17) is 4.74 Å². The predicted molar refractivity (Wildman–Crippen MR) is 132 cm³/mol. The number of rotatable bonds is 9. The first kappa shape index (κ1) is 25.6. The second-order valence-electron chi connectivity index (χ2n) is 9.41. The summed E-state index contributed by atoms with van der Waals surface area (Å²) in [5, 5.41) is 23.6. The highest BCUT2D eigenvalue weighted by atomic mass is 16.5. The number of anilines is 1. The molecule has 0 radical (unpaired) electrons. The Morgan fingerprint density at radius 2 is 1.74 bits per heavy atom. The normalized spacial score (nSPS) is 20.4. The maximum absolute atomic E-state index is 13.3. The Bertz CT molecular complexity index is 960. The van der Waals surface area contributed by atoms with Crippen LogP contribution in [-0.4, -0.2) is 51.8 Å². The summed E-state index contributed by atoms with van der Waals surface area (Å²) >= 11 is 0. The third-order valence-corrected chi connectivity index (χ3v) is 6.17. The lowest BCUT2D eigenvalue weighted by molar-refractivity contribution is -0.147. The molecule has 34 heavy (non-hydrogen) atoms. The fraction of sp³-hybridized carbons (Fsp3) is 0.481. The average molecular weight is 469 g/mol. The van der Waals surface area contributed by atoms with Crippen molar-refractivity contribution in [2.24, 2.45) is 5.92 Å². The zero-order valence-electron chi connectivity index (χ0n) is 20.2. The zero-order valence-corrected chi connectivity index (χ0v) is 20.2. The van der Waals surface area contributed by atoms with Crippen molar-refractivity contribution in [3.63, 3.8) is 0 Å². The molecule has 0 saturated heterocycles. The molecule has 2 aromatic rings. The van der Waals surface area contributed by atoms with Gasteiger partial charge in [0.25, 0.3) is 0 Å². The van der Waals surface area contributed by atoms with Crippen LogP contribution in [0.4, 0.5) is 5.69 Å².